The second-order valence-corrected chi connectivity index (χ2v) is 4.66. The molecule has 4 nitrogen and oxygen atoms in total. The van der Waals surface area contributed by atoms with Crippen LogP contribution in [0.2, 0.25) is 0 Å². The average Bonchev–Trinajstić information content (AvgIpc) is 2.42. The van der Waals surface area contributed by atoms with Crippen molar-refractivity contribution in [3.63, 3.8) is 0 Å². The van der Waals surface area contributed by atoms with E-state index in [2.05, 4.69) is 5.32 Å². The quantitative estimate of drug-likeness (QED) is 0.706. The van der Waals surface area contributed by atoms with E-state index in [1.165, 1.54) is 5.56 Å². The Morgan fingerprint density at radius 2 is 2.05 bits per heavy atom. The first-order valence-electron chi connectivity index (χ1n) is 6.72. The molecule has 0 aliphatic rings. The van der Waals surface area contributed by atoms with Gasteiger partial charge in [0.15, 0.2) is 0 Å². The molecular formula is C15H23NO3. The lowest BCUT2D eigenvalue weighted by molar-refractivity contribution is -0.120. The van der Waals surface area contributed by atoms with Gasteiger partial charge < -0.3 is 15.2 Å². The van der Waals surface area contributed by atoms with Crippen LogP contribution in [0, 0.1) is 0 Å². The van der Waals surface area contributed by atoms with Gasteiger partial charge >= 0.3 is 0 Å². The lowest BCUT2D eigenvalue weighted by Crippen LogP contribution is -2.18. The third-order valence-electron chi connectivity index (χ3n) is 2.87. The molecule has 0 spiro atoms. The minimum absolute atomic E-state index is 0.0390. The molecule has 0 radical (unpaired) electrons. The van der Waals surface area contributed by atoms with Crippen molar-refractivity contribution in [2.24, 2.45) is 0 Å². The van der Waals surface area contributed by atoms with Crippen LogP contribution in [0.1, 0.15) is 31.7 Å². The van der Waals surface area contributed by atoms with Crippen LogP contribution in [0.15, 0.2) is 24.3 Å². The Kier molecular flexibility index (Phi) is 6.97. The number of ether oxygens (including phenoxy) is 1. The van der Waals surface area contributed by atoms with E-state index in [-0.39, 0.29) is 12.0 Å². The Labute approximate surface area is 114 Å². The number of nitrogens with one attached hydrogen (secondary N) is 1. The minimum Gasteiger partial charge on any atom is -0.494 e. The van der Waals surface area contributed by atoms with Gasteiger partial charge in [-0.1, -0.05) is 12.1 Å². The van der Waals surface area contributed by atoms with Crippen LogP contribution in [-0.2, 0) is 11.2 Å². The van der Waals surface area contributed by atoms with Gasteiger partial charge in [-0.3, -0.25) is 4.79 Å². The molecule has 0 bridgehead atoms. The summed E-state index contributed by atoms with van der Waals surface area (Å²) in [6.45, 7) is 2.34. The van der Waals surface area contributed by atoms with Crippen LogP contribution in [0.4, 0.5) is 0 Å². The fourth-order valence-corrected chi connectivity index (χ4v) is 1.68. The van der Waals surface area contributed by atoms with Crippen molar-refractivity contribution >= 4 is 5.91 Å². The minimum atomic E-state index is -0.263. The molecule has 1 aromatic carbocycles. The molecule has 19 heavy (non-hydrogen) atoms. The summed E-state index contributed by atoms with van der Waals surface area (Å²) in [5, 5.41) is 11.8. The number of aryl methyl sites for hydroxylation is 1. The number of aliphatic hydroxyl groups is 1. The first-order valence-corrected chi connectivity index (χ1v) is 6.72. The second kappa shape index (κ2) is 8.53. The Morgan fingerprint density at radius 1 is 1.37 bits per heavy atom. The first kappa shape index (κ1) is 15.5. The van der Waals surface area contributed by atoms with Crippen LogP contribution >= 0.6 is 0 Å². The largest absolute Gasteiger partial charge is 0.494 e. The average molecular weight is 265 g/mol. The van der Waals surface area contributed by atoms with Gasteiger partial charge in [0, 0.05) is 13.5 Å². The zero-order chi connectivity index (χ0) is 14.1. The summed E-state index contributed by atoms with van der Waals surface area (Å²) in [6.07, 6.45) is 2.58. The third-order valence-corrected chi connectivity index (χ3v) is 2.87. The van der Waals surface area contributed by atoms with E-state index in [1.807, 2.05) is 24.3 Å². The van der Waals surface area contributed by atoms with Crippen molar-refractivity contribution in [2.45, 2.75) is 38.7 Å². The molecule has 0 aliphatic carbocycles. The maximum absolute atomic E-state index is 11.0. The summed E-state index contributed by atoms with van der Waals surface area (Å²) in [5.41, 5.74) is 1.19. The normalized spacial score (nSPS) is 11.9. The molecule has 1 aromatic rings. The lowest BCUT2D eigenvalue weighted by Gasteiger charge is -2.08. The fourth-order valence-electron chi connectivity index (χ4n) is 1.68. The van der Waals surface area contributed by atoms with Crippen molar-refractivity contribution in [3.05, 3.63) is 29.8 Å². The SMILES string of the molecule is CNC(=O)CCCOc1ccc(CCC(C)O)cc1. The van der Waals surface area contributed by atoms with Crippen LogP contribution < -0.4 is 10.1 Å². The molecule has 2 N–H and O–H groups in total. The molecule has 1 unspecified atom stereocenters. The van der Waals surface area contributed by atoms with E-state index in [0.29, 0.717) is 19.4 Å². The van der Waals surface area contributed by atoms with Crippen molar-refractivity contribution in [1.29, 1.82) is 0 Å². The predicted octanol–water partition coefficient (Wildman–Crippen LogP) is 1.91. The summed E-state index contributed by atoms with van der Waals surface area (Å²) in [6, 6.07) is 7.88. The summed E-state index contributed by atoms with van der Waals surface area (Å²) >= 11 is 0. The number of rotatable bonds is 8. The highest BCUT2D eigenvalue weighted by molar-refractivity contribution is 5.75. The highest BCUT2D eigenvalue weighted by Crippen LogP contribution is 2.14. The zero-order valence-electron chi connectivity index (χ0n) is 11.7. The van der Waals surface area contributed by atoms with E-state index in [1.54, 1.807) is 14.0 Å². The molecule has 0 saturated carbocycles. The highest BCUT2D eigenvalue weighted by atomic mass is 16.5. The molecule has 0 fully saturated rings. The van der Waals surface area contributed by atoms with E-state index >= 15 is 0 Å². The summed E-state index contributed by atoms with van der Waals surface area (Å²) in [5.74, 6) is 0.856. The van der Waals surface area contributed by atoms with Gasteiger partial charge in [0.1, 0.15) is 5.75 Å². The number of amides is 1. The molecule has 4 heteroatoms. The number of carbonyl (C=O) groups excluding carboxylic acids is 1. The topological polar surface area (TPSA) is 58.6 Å². The fraction of sp³-hybridized carbons (Fsp3) is 0.533. The van der Waals surface area contributed by atoms with E-state index in [0.717, 1.165) is 18.6 Å². The Morgan fingerprint density at radius 3 is 2.63 bits per heavy atom. The smallest absolute Gasteiger partial charge is 0.219 e. The van der Waals surface area contributed by atoms with Crippen molar-refractivity contribution < 1.29 is 14.6 Å². The van der Waals surface area contributed by atoms with E-state index in [4.69, 9.17) is 4.74 Å². The predicted molar refractivity (Wildman–Crippen MR) is 75.2 cm³/mol. The Hall–Kier alpha value is -1.55. The first-order chi connectivity index (χ1) is 9.11. The second-order valence-electron chi connectivity index (χ2n) is 4.66. The summed E-state index contributed by atoms with van der Waals surface area (Å²) < 4.78 is 5.55. The van der Waals surface area contributed by atoms with Crippen molar-refractivity contribution in [2.75, 3.05) is 13.7 Å². The lowest BCUT2D eigenvalue weighted by atomic mass is 10.1. The molecule has 0 heterocycles. The Balaban J connectivity index is 2.26. The van der Waals surface area contributed by atoms with Gasteiger partial charge in [0.05, 0.1) is 12.7 Å². The van der Waals surface area contributed by atoms with Gasteiger partial charge in [-0.25, -0.2) is 0 Å². The molecule has 1 amide bonds. The van der Waals surface area contributed by atoms with Gasteiger partial charge in [-0.05, 0) is 43.9 Å². The number of carbonyl (C=O) groups is 1. The highest BCUT2D eigenvalue weighted by Gasteiger charge is 2.00. The standard InChI is InChI=1S/C15H23NO3/c1-12(17)5-6-13-7-9-14(10-8-13)19-11-3-4-15(18)16-2/h7-10,12,17H,3-6,11H2,1-2H3,(H,16,18). The van der Waals surface area contributed by atoms with Crippen LogP contribution in [0.25, 0.3) is 0 Å². The van der Waals surface area contributed by atoms with Crippen molar-refractivity contribution in [1.82, 2.24) is 5.32 Å². The van der Waals surface area contributed by atoms with Crippen molar-refractivity contribution in [3.8, 4) is 5.75 Å². The zero-order valence-corrected chi connectivity index (χ0v) is 11.7. The third kappa shape index (κ3) is 6.82. The van der Waals surface area contributed by atoms with Crippen LogP contribution in [0.3, 0.4) is 0 Å². The molecule has 0 aliphatic heterocycles. The van der Waals surface area contributed by atoms with Crippen LogP contribution in [0.5, 0.6) is 5.75 Å². The number of hydrogen-bond donors (Lipinski definition) is 2. The van der Waals surface area contributed by atoms with Gasteiger partial charge in [0.25, 0.3) is 0 Å². The molecule has 1 atom stereocenters. The van der Waals surface area contributed by atoms with E-state index < -0.39 is 0 Å². The maximum atomic E-state index is 11.0. The van der Waals surface area contributed by atoms with Gasteiger partial charge in [-0.15, -0.1) is 0 Å². The number of aliphatic hydroxyl groups excluding tert-OH is 1. The molecule has 0 saturated heterocycles. The molecular weight excluding hydrogens is 242 g/mol. The van der Waals surface area contributed by atoms with Gasteiger partial charge in [0.2, 0.25) is 5.91 Å². The Bertz CT molecular complexity index is 373. The monoisotopic (exact) mass is 265 g/mol. The summed E-state index contributed by atoms with van der Waals surface area (Å²) in [7, 11) is 1.63. The van der Waals surface area contributed by atoms with E-state index in [9.17, 15) is 9.90 Å². The molecule has 106 valence electrons. The number of benzene rings is 1. The summed E-state index contributed by atoms with van der Waals surface area (Å²) in [4.78, 5) is 11.0. The van der Waals surface area contributed by atoms with Crippen LogP contribution in [-0.4, -0.2) is 30.8 Å². The molecule has 1 rings (SSSR count). The van der Waals surface area contributed by atoms with Gasteiger partial charge in [-0.2, -0.15) is 0 Å². The maximum Gasteiger partial charge on any atom is 0.219 e. The number of hydrogen-bond acceptors (Lipinski definition) is 3. The molecule has 0 aromatic heterocycles.